The van der Waals surface area contributed by atoms with Crippen molar-refractivity contribution in [3.63, 3.8) is 0 Å². The summed E-state index contributed by atoms with van der Waals surface area (Å²) in [5.74, 6) is 2.26. The molecule has 3 fully saturated rings. The standard InChI is InChI=1S/C27H34N2O4/c1-32-21-12-18(13-22(14-21)33-2)15-29-16-23-24(17-29)25(23)28-26(30)27(31,20-10-6-7-11-20)19-8-4-3-5-9-19/h3-5,8-9,12-14,20,23-25,31H,6-7,10-11,15-17H2,1-2H3,(H,28,30). The Morgan fingerprint density at radius 3 is 2.21 bits per heavy atom. The highest BCUT2D eigenvalue weighted by Gasteiger charge is 2.58. The number of carbonyl (C=O) groups is 1. The number of hydrogen-bond donors (Lipinski definition) is 2. The number of nitrogens with zero attached hydrogens (tertiary/aromatic N) is 1. The van der Waals surface area contributed by atoms with Gasteiger partial charge in [-0.05, 0) is 47.9 Å². The maximum absolute atomic E-state index is 13.4. The lowest BCUT2D eigenvalue weighted by Gasteiger charge is -2.33. The lowest BCUT2D eigenvalue weighted by Crippen LogP contribution is -2.50. The van der Waals surface area contributed by atoms with Gasteiger partial charge < -0.3 is 19.9 Å². The van der Waals surface area contributed by atoms with Gasteiger partial charge in [-0.1, -0.05) is 43.2 Å². The van der Waals surface area contributed by atoms with Gasteiger partial charge in [-0.3, -0.25) is 9.69 Å². The van der Waals surface area contributed by atoms with Crippen LogP contribution in [0.15, 0.2) is 48.5 Å². The van der Waals surface area contributed by atoms with Crippen molar-refractivity contribution in [2.24, 2.45) is 17.8 Å². The summed E-state index contributed by atoms with van der Waals surface area (Å²) in [5, 5.41) is 14.9. The molecule has 2 saturated carbocycles. The van der Waals surface area contributed by atoms with E-state index in [-0.39, 0.29) is 17.9 Å². The number of likely N-dealkylation sites (tertiary alicyclic amines) is 1. The predicted octanol–water partition coefficient (Wildman–Crippen LogP) is 3.33. The van der Waals surface area contributed by atoms with Crippen molar-refractivity contribution in [2.45, 2.75) is 43.9 Å². The quantitative estimate of drug-likeness (QED) is 0.646. The Morgan fingerprint density at radius 2 is 1.64 bits per heavy atom. The van der Waals surface area contributed by atoms with Crippen LogP contribution in [0.2, 0.25) is 0 Å². The van der Waals surface area contributed by atoms with Gasteiger partial charge in [0.15, 0.2) is 5.60 Å². The molecule has 3 aliphatic rings. The van der Waals surface area contributed by atoms with E-state index in [0.717, 1.165) is 62.4 Å². The third-order valence-corrected chi connectivity index (χ3v) is 7.89. The summed E-state index contributed by atoms with van der Waals surface area (Å²) >= 11 is 0. The van der Waals surface area contributed by atoms with Gasteiger partial charge in [0.2, 0.25) is 0 Å². The maximum Gasteiger partial charge on any atom is 0.257 e. The van der Waals surface area contributed by atoms with Crippen LogP contribution < -0.4 is 14.8 Å². The summed E-state index contributed by atoms with van der Waals surface area (Å²) in [6.45, 7) is 2.72. The lowest BCUT2D eigenvalue weighted by molar-refractivity contribution is -0.147. The van der Waals surface area contributed by atoms with Crippen molar-refractivity contribution in [1.29, 1.82) is 0 Å². The SMILES string of the molecule is COc1cc(CN2CC3C(C2)C3NC(=O)C(O)(c2ccccc2)C2CCCC2)cc(OC)c1. The molecule has 1 aliphatic heterocycles. The second-order valence-electron chi connectivity index (χ2n) is 9.86. The molecule has 1 heterocycles. The number of carbonyl (C=O) groups excluding carboxylic acids is 1. The van der Waals surface area contributed by atoms with Crippen LogP contribution in [0.25, 0.3) is 0 Å². The van der Waals surface area contributed by atoms with Crippen LogP contribution in [-0.2, 0) is 16.9 Å². The van der Waals surface area contributed by atoms with Crippen molar-refractivity contribution in [2.75, 3.05) is 27.3 Å². The van der Waals surface area contributed by atoms with Gasteiger partial charge in [-0.15, -0.1) is 0 Å². The summed E-state index contributed by atoms with van der Waals surface area (Å²) in [4.78, 5) is 15.9. The number of aliphatic hydroxyl groups is 1. The Hall–Kier alpha value is -2.57. The largest absolute Gasteiger partial charge is 0.497 e. The molecular weight excluding hydrogens is 416 g/mol. The van der Waals surface area contributed by atoms with E-state index in [1.165, 1.54) is 0 Å². The number of rotatable bonds is 8. The monoisotopic (exact) mass is 450 g/mol. The topological polar surface area (TPSA) is 71.0 Å². The molecule has 176 valence electrons. The van der Waals surface area contributed by atoms with E-state index in [2.05, 4.69) is 10.2 Å². The van der Waals surface area contributed by atoms with Crippen LogP contribution in [0, 0.1) is 17.8 Å². The van der Waals surface area contributed by atoms with E-state index in [1.807, 2.05) is 48.5 Å². The van der Waals surface area contributed by atoms with Crippen LogP contribution in [0.5, 0.6) is 11.5 Å². The zero-order valence-corrected chi connectivity index (χ0v) is 19.5. The molecule has 6 heteroatoms. The highest BCUT2D eigenvalue weighted by atomic mass is 16.5. The van der Waals surface area contributed by atoms with Crippen LogP contribution in [0.4, 0.5) is 0 Å². The average Bonchev–Trinajstić information content (AvgIpc) is 3.26. The molecule has 2 N–H and O–H groups in total. The molecule has 0 aromatic heterocycles. The fraction of sp³-hybridized carbons (Fsp3) is 0.519. The highest BCUT2D eigenvalue weighted by Crippen LogP contribution is 2.47. The van der Waals surface area contributed by atoms with Crippen molar-refractivity contribution in [3.05, 3.63) is 59.7 Å². The second kappa shape index (κ2) is 8.99. The maximum atomic E-state index is 13.4. The van der Waals surface area contributed by atoms with Crippen molar-refractivity contribution < 1.29 is 19.4 Å². The number of ether oxygens (including phenoxy) is 2. The van der Waals surface area contributed by atoms with E-state index in [0.29, 0.717) is 17.4 Å². The minimum absolute atomic E-state index is 0.0157. The van der Waals surface area contributed by atoms with E-state index < -0.39 is 5.60 Å². The average molecular weight is 451 g/mol. The summed E-state index contributed by atoms with van der Waals surface area (Å²) in [5.41, 5.74) is 0.437. The van der Waals surface area contributed by atoms with Crippen LogP contribution in [-0.4, -0.2) is 49.3 Å². The van der Waals surface area contributed by atoms with E-state index >= 15 is 0 Å². The van der Waals surface area contributed by atoms with Crippen LogP contribution >= 0.6 is 0 Å². The number of benzene rings is 2. The summed E-state index contributed by atoms with van der Waals surface area (Å²) < 4.78 is 10.8. The first kappa shape index (κ1) is 22.2. The number of hydrogen-bond acceptors (Lipinski definition) is 5. The molecule has 1 amide bonds. The zero-order valence-electron chi connectivity index (χ0n) is 19.5. The molecule has 3 unspecified atom stereocenters. The van der Waals surface area contributed by atoms with Gasteiger partial charge in [0.1, 0.15) is 11.5 Å². The molecule has 5 rings (SSSR count). The lowest BCUT2D eigenvalue weighted by atomic mass is 9.79. The molecule has 33 heavy (non-hydrogen) atoms. The predicted molar refractivity (Wildman–Crippen MR) is 126 cm³/mol. The third-order valence-electron chi connectivity index (χ3n) is 7.89. The van der Waals surface area contributed by atoms with Crippen LogP contribution in [0.1, 0.15) is 36.8 Å². The molecule has 3 atom stereocenters. The number of amides is 1. The molecule has 0 spiro atoms. The van der Waals surface area contributed by atoms with E-state index in [9.17, 15) is 9.90 Å². The Labute approximate surface area is 195 Å². The molecule has 0 bridgehead atoms. The minimum atomic E-state index is -1.44. The molecular formula is C27H34N2O4. The Morgan fingerprint density at radius 1 is 1.03 bits per heavy atom. The van der Waals surface area contributed by atoms with E-state index in [4.69, 9.17) is 9.47 Å². The smallest absolute Gasteiger partial charge is 0.257 e. The van der Waals surface area contributed by atoms with Crippen LogP contribution in [0.3, 0.4) is 0 Å². The Kier molecular flexibility index (Phi) is 6.06. The zero-order chi connectivity index (χ0) is 23.0. The first-order valence-electron chi connectivity index (χ1n) is 12.1. The molecule has 6 nitrogen and oxygen atoms in total. The molecule has 2 aliphatic carbocycles. The molecule has 2 aromatic carbocycles. The van der Waals surface area contributed by atoms with Gasteiger partial charge >= 0.3 is 0 Å². The van der Waals surface area contributed by atoms with Gasteiger partial charge in [0.25, 0.3) is 5.91 Å². The normalized spacial score (nSPS) is 26.5. The Balaban J connectivity index is 1.22. The van der Waals surface area contributed by atoms with Gasteiger partial charge in [0, 0.05) is 37.7 Å². The molecule has 0 radical (unpaired) electrons. The second-order valence-corrected chi connectivity index (χ2v) is 9.86. The first-order chi connectivity index (χ1) is 16.0. The first-order valence-corrected chi connectivity index (χ1v) is 12.1. The van der Waals surface area contributed by atoms with Gasteiger partial charge in [-0.2, -0.15) is 0 Å². The van der Waals surface area contributed by atoms with Gasteiger partial charge in [0.05, 0.1) is 14.2 Å². The molecule has 1 saturated heterocycles. The summed E-state index contributed by atoms with van der Waals surface area (Å²) in [7, 11) is 3.33. The summed E-state index contributed by atoms with van der Waals surface area (Å²) in [6.07, 6.45) is 3.94. The number of piperidine rings is 1. The highest BCUT2D eigenvalue weighted by molar-refractivity contribution is 5.87. The minimum Gasteiger partial charge on any atom is -0.497 e. The number of methoxy groups -OCH3 is 2. The third kappa shape index (κ3) is 4.22. The van der Waals surface area contributed by atoms with Crippen molar-refractivity contribution in [3.8, 4) is 11.5 Å². The van der Waals surface area contributed by atoms with Crippen molar-refractivity contribution >= 4 is 5.91 Å². The fourth-order valence-electron chi connectivity index (χ4n) is 6.02. The molecule has 2 aromatic rings. The number of nitrogens with one attached hydrogen (secondary N) is 1. The van der Waals surface area contributed by atoms with E-state index in [1.54, 1.807) is 14.2 Å². The van der Waals surface area contributed by atoms with Gasteiger partial charge in [-0.25, -0.2) is 0 Å². The number of fused-ring (bicyclic) bond motifs is 1. The fourth-order valence-corrected chi connectivity index (χ4v) is 6.02. The summed E-state index contributed by atoms with van der Waals surface area (Å²) in [6, 6.07) is 15.6. The Bertz CT molecular complexity index is 957. The van der Waals surface area contributed by atoms with Crippen molar-refractivity contribution in [1.82, 2.24) is 10.2 Å².